The highest BCUT2D eigenvalue weighted by Crippen LogP contribution is 2.17. The topological polar surface area (TPSA) is 90.6 Å². The van der Waals surface area contributed by atoms with Gasteiger partial charge in [-0.2, -0.15) is 5.10 Å². The van der Waals surface area contributed by atoms with Crippen molar-refractivity contribution in [3.63, 3.8) is 0 Å². The summed E-state index contributed by atoms with van der Waals surface area (Å²) >= 11 is 0. The van der Waals surface area contributed by atoms with Gasteiger partial charge in [-0.25, -0.2) is 8.42 Å². The number of anilines is 1. The van der Waals surface area contributed by atoms with Gasteiger partial charge in [0.05, 0.1) is 6.20 Å². The molecule has 0 saturated heterocycles. The van der Waals surface area contributed by atoms with Crippen LogP contribution >= 0.6 is 0 Å². The van der Waals surface area contributed by atoms with E-state index in [4.69, 9.17) is 0 Å². The van der Waals surface area contributed by atoms with E-state index in [-0.39, 0.29) is 4.90 Å². The number of rotatable bonds is 4. The molecule has 0 aromatic carbocycles. The zero-order chi connectivity index (χ0) is 11.6. The molecule has 16 heavy (non-hydrogen) atoms. The van der Waals surface area contributed by atoms with Crippen LogP contribution in [-0.2, 0) is 16.4 Å². The van der Waals surface area contributed by atoms with Crippen molar-refractivity contribution in [2.75, 3.05) is 4.72 Å². The molecule has 0 aliphatic carbocycles. The minimum atomic E-state index is -3.52. The highest BCUT2D eigenvalue weighted by atomic mass is 32.2. The molecule has 6 nitrogen and oxygen atoms in total. The smallest absolute Gasteiger partial charge is 0.264 e. The number of aryl methyl sites for hydroxylation is 1. The van der Waals surface area contributed by atoms with Gasteiger partial charge in [0.2, 0.25) is 0 Å². The molecule has 0 saturated carbocycles. The number of aromatic nitrogens is 3. The molecule has 0 fully saturated rings. The van der Waals surface area contributed by atoms with Gasteiger partial charge in [-0.15, -0.1) is 0 Å². The minimum absolute atomic E-state index is 0.198. The number of hydrogen-bond acceptors (Lipinski definition) is 3. The van der Waals surface area contributed by atoms with Crippen molar-refractivity contribution in [1.82, 2.24) is 15.2 Å². The van der Waals surface area contributed by atoms with Gasteiger partial charge >= 0.3 is 0 Å². The normalized spacial score (nSPS) is 11.6. The van der Waals surface area contributed by atoms with Crippen LogP contribution in [0.3, 0.4) is 0 Å². The highest BCUT2D eigenvalue weighted by molar-refractivity contribution is 7.92. The van der Waals surface area contributed by atoms with Crippen molar-refractivity contribution < 1.29 is 8.42 Å². The summed E-state index contributed by atoms with van der Waals surface area (Å²) in [7, 11) is -3.52. The summed E-state index contributed by atoms with van der Waals surface area (Å²) < 4.78 is 26.2. The summed E-state index contributed by atoms with van der Waals surface area (Å²) in [5, 5.41) is 6.42. The number of nitrogens with zero attached hydrogens (tertiary/aromatic N) is 1. The lowest BCUT2D eigenvalue weighted by molar-refractivity contribution is 0.601. The van der Waals surface area contributed by atoms with Crippen LogP contribution in [0.25, 0.3) is 0 Å². The molecule has 2 aromatic rings. The van der Waals surface area contributed by atoms with Crippen LogP contribution in [-0.4, -0.2) is 23.6 Å². The van der Waals surface area contributed by atoms with Crippen molar-refractivity contribution in [2.24, 2.45) is 0 Å². The van der Waals surface area contributed by atoms with Gasteiger partial charge in [-0.05, 0) is 12.5 Å². The zero-order valence-corrected chi connectivity index (χ0v) is 9.50. The molecule has 7 heteroatoms. The summed E-state index contributed by atoms with van der Waals surface area (Å²) in [6.07, 6.45) is 5.29. The highest BCUT2D eigenvalue weighted by Gasteiger charge is 2.16. The summed E-state index contributed by atoms with van der Waals surface area (Å²) in [6.45, 7) is 1.93. The molecule has 0 aliphatic heterocycles. The lowest BCUT2D eigenvalue weighted by Gasteiger charge is -2.05. The van der Waals surface area contributed by atoms with Crippen molar-refractivity contribution in [1.29, 1.82) is 0 Å². The number of sulfonamides is 1. The third kappa shape index (κ3) is 1.94. The molecule has 0 atom stereocenters. The molecule has 0 amide bonds. The maximum Gasteiger partial charge on any atom is 0.264 e. The van der Waals surface area contributed by atoms with Crippen LogP contribution in [0.5, 0.6) is 0 Å². The van der Waals surface area contributed by atoms with E-state index < -0.39 is 10.0 Å². The third-order valence-corrected chi connectivity index (χ3v) is 3.56. The Hall–Kier alpha value is -1.76. The Labute approximate surface area is 93.1 Å². The molecule has 0 unspecified atom stereocenters. The first-order chi connectivity index (χ1) is 7.63. The van der Waals surface area contributed by atoms with E-state index in [9.17, 15) is 8.42 Å². The number of aromatic amines is 2. The Morgan fingerprint density at radius 3 is 2.94 bits per heavy atom. The second kappa shape index (κ2) is 4.01. The number of hydrogen-bond donors (Lipinski definition) is 3. The minimum Gasteiger partial charge on any atom is -0.366 e. The Morgan fingerprint density at radius 1 is 1.50 bits per heavy atom. The molecule has 0 radical (unpaired) electrons. The van der Waals surface area contributed by atoms with E-state index in [1.54, 1.807) is 12.4 Å². The third-order valence-electron chi connectivity index (χ3n) is 2.21. The summed E-state index contributed by atoms with van der Waals surface area (Å²) in [5.74, 6) is 0.420. The van der Waals surface area contributed by atoms with Gasteiger partial charge in [0.1, 0.15) is 10.7 Å². The molecular formula is C9H12N4O2S. The molecule has 2 heterocycles. The lowest BCUT2D eigenvalue weighted by atomic mass is 10.3. The average molecular weight is 240 g/mol. The summed E-state index contributed by atoms with van der Waals surface area (Å²) in [6, 6.07) is 1.49. The fourth-order valence-electron chi connectivity index (χ4n) is 1.34. The second-order valence-electron chi connectivity index (χ2n) is 3.28. The number of H-pyrrole nitrogens is 2. The van der Waals surface area contributed by atoms with E-state index >= 15 is 0 Å². The van der Waals surface area contributed by atoms with Crippen molar-refractivity contribution in [3.8, 4) is 0 Å². The maximum atomic E-state index is 11.8. The van der Waals surface area contributed by atoms with Gasteiger partial charge in [-0.3, -0.25) is 9.82 Å². The Balaban J connectivity index is 2.29. The molecular weight excluding hydrogens is 228 g/mol. The first-order valence-corrected chi connectivity index (χ1v) is 6.29. The first kappa shape index (κ1) is 10.7. The first-order valence-electron chi connectivity index (χ1n) is 4.81. The van der Waals surface area contributed by atoms with E-state index in [0.717, 1.165) is 5.56 Å². The van der Waals surface area contributed by atoms with Crippen LogP contribution in [0, 0.1) is 0 Å². The zero-order valence-electron chi connectivity index (χ0n) is 8.69. The SMILES string of the molecule is CCc1cn[nH]c1NS(=O)(=O)c1cc[nH]c1. The van der Waals surface area contributed by atoms with E-state index in [1.807, 2.05) is 6.92 Å². The van der Waals surface area contributed by atoms with Crippen molar-refractivity contribution in [2.45, 2.75) is 18.2 Å². The molecule has 3 N–H and O–H groups in total. The van der Waals surface area contributed by atoms with Crippen molar-refractivity contribution in [3.05, 3.63) is 30.2 Å². The van der Waals surface area contributed by atoms with Crippen LogP contribution in [0.15, 0.2) is 29.6 Å². The largest absolute Gasteiger partial charge is 0.366 e. The van der Waals surface area contributed by atoms with Gasteiger partial charge in [-0.1, -0.05) is 6.92 Å². The van der Waals surface area contributed by atoms with Crippen LogP contribution in [0.2, 0.25) is 0 Å². The molecule has 2 rings (SSSR count). The fourth-order valence-corrected chi connectivity index (χ4v) is 2.37. The Kier molecular flexibility index (Phi) is 2.69. The standard InChI is InChI=1S/C9H12N4O2S/c1-2-7-5-11-12-9(7)13-16(14,15)8-3-4-10-6-8/h3-6,10H,2H2,1H3,(H2,11,12,13). The predicted octanol–water partition coefficient (Wildman–Crippen LogP) is 1.10. The van der Waals surface area contributed by atoms with Crippen molar-refractivity contribution >= 4 is 15.8 Å². The van der Waals surface area contributed by atoms with Crippen LogP contribution < -0.4 is 4.72 Å². The van der Waals surface area contributed by atoms with Crippen LogP contribution in [0.1, 0.15) is 12.5 Å². The molecule has 0 aliphatic rings. The van der Waals surface area contributed by atoms with Crippen LogP contribution in [0.4, 0.5) is 5.82 Å². The summed E-state index contributed by atoms with van der Waals surface area (Å²) in [5.41, 5.74) is 0.833. The average Bonchev–Trinajstić information content (AvgIpc) is 2.86. The lowest BCUT2D eigenvalue weighted by Crippen LogP contribution is -2.13. The molecule has 2 aromatic heterocycles. The van der Waals surface area contributed by atoms with Gasteiger partial charge in [0, 0.05) is 18.0 Å². The van der Waals surface area contributed by atoms with Gasteiger partial charge in [0.25, 0.3) is 10.0 Å². The molecule has 0 bridgehead atoms. The quantitative estimate of drug-likeness (QED) is 0.747. The van der Waals surface area contributed by atoms with E-state index in [2.05, 4.69) is 19.9 Å². The van der Waals surface area contributed by atoms with E-state index in [0.29, 0.717) is 12.2 Å². The Morgan fingerprint density at radius 2 is 2.31 bits per heavy atom. The van der Waals surface area contributed by atoms with Gasteiger partial charge < -0.3 is 4.98 Å². The molecule has 86 valence electrons. The predicted molar refractivity (Wildman–Crippen MR) is 59.6 cm³/mol. The maximum absolute atomic E-state index is 11.8. The second-order valence-corrected chi connectivity index (χ2v) is 4.96. The molecule has 0 spiro atoms. The van der Waals surface area contributed by atoms with E-state index in [1.165, 1.54) is 12.3 Å². The fraction of sp³-hybridized carbons (Fsp3) is 0.222. The summed E-state index contributed by atoms with van der Waals surface area (Å²) in [4.78, 5) is 2.90. The Bertz CT molecular complexity index is 556. The monoisotopic (exact) mass is 240 g/mol. The van der Waals surface area contributed by atoms with Gasteiger partial charge in [0.15, 0.2) is 0 Å². The number of nitrogens with one attached hydrogen (secondary N) is 3.